The van der Waals surface area contributed by atoms with Crippen molar-refractivity contribution in [2.24, 2.45) is 0 Å². The molecule has 3 nitrogen and oxygen atoms in total. The second-order valence-electron chi connectivity index (χ2n) is 5.84. The lowest BCUT2D eigenvalue weighted by molar-refractivity contribution is -0.125. The van der Waals surface area contributed by atoms with E-state index < -0.39 is 0 Å². The molecule has 2 heterocycles. The number of amides is 1. The number of furan rings is 1. The van der Waals surface area contributed by atoms with Crippen molar-refractivity contribution in [1.82, 2.24) is 4.90 Å². The number of rotatable bonds is 4. The van der Waals surface area contributed by atoms with Gasteiger partial charge in [-0.2, -0.15) is 0 Å². The van der Waals surface area contributed by atoms with Gasteiger partial charge in [-0.15, -0.1) is 0 Å². The topological polar surface area (TPSA) is 33.5 Å². The predicted molar refractivity (Wildman–Crippen MR) is 102 cm³/mol. The van der Waals surface area contributed by atoms with E-state index in [4.69, 9.17) is 4.42 Å². The van der Waals surface area contributed by atoms with Crippen LogP contribution >= 0.6 is 11.8 Å². The molecule has 1 saturated heterocycles. The van der Waals surface area contributed by atoms with E-state index in [-0.39, 0.29) is 5.91 Å². The van der Waals surface area contributed by atoms with Crippen LogP contribution in [-0.4, -0.2) is 16.7 Å². The summed E-state index contributed by atoms with van der Waals surface area (Å²) in [5.74, 6) is 2.25. The zero-order valence-corrected chi connectivity index (χ0v) is 14.4. The van der Waals surface area contributed by atoms with Crippen LogP contribution in [0.4, 0.5) is 0 Å². The Balaban J connectivity index is 1.49. The smallest absolute Gasteiger partial charge is 0.261 e. The molecule has 0 bridgehead atoms. The molecular weight excluding hydrogens is 330 g/mol. The van der Waals surface area contributed by atoms with Crippen molar-refractivity contribution < 1.29 is 9.21 Å². The van der Waals surface area contributed by atoms with E-state index in [1.807, 2.05) is 83.8 Å². The van der Waals surface area contributed by atoms with Crippen LogP contribution in [0.2, 0.25) is 0 Å². The van der Waals surface area contributed by atoms with E-state index >= 15 is 0 Å². The van der Waals surface area contributed by atoms with Gasteiger partial charge in [0.05, 0.1) is 10.8 Å². The molecule has 124 valence electrons. The molecule has 0 atom stereocenters. The van der Waals surface area contributed by atoms with Crippen molar-refractivity contribution in [3.8, 4) is 11.3 Å². The number of hydrogen-bond donors (Lipinski definition) is 0. The maximum atomic E-state index is 12.6. The first-order valence-electron chi connectivity index (χ1n) is 8.12. The average Bonchev–Trinajstić information content (AvgIpc) is 3.26. The molecule has 0 aliphatic carbocycles. The number of hydrogen-bond acceptors (Lipinski definition) is 3. The fourth-order valence-electron chi connectivity index (χ4n) is 2.77. The van der Waals surface area contributed by atoms with Gasteiger partial charge < -0.3 is 9.32 Å². The number of thioether (sulfide) groups is 1. The lowest BCUT2D eigenvalue weighted by Crippen LogP contribution is -2.24. The van der Waals surface area contributed by atoms with E-state index in [2.05, 4.69) is 0 Å². The highest BCUT2D eigenvalue weighted by Gasteiger charge is 2.27. The molecule has 1 aliphatic rings. The Morgan fingerprint density at radius 1 is 0.960 bits per heavy atom. The molecule has 3 aromatic rings. The van der Waals surface area contributed by atoms with E-state index in [1.165, 1.54) is 0 Å². The SMILES string of the molecule is O=C1/C(=C\c2ccc(-c3ccccc3)o2)SCN1Cc1ccccc1. The second-order valence-corrected chi connectivity index (χ2v) is 6.83. The Morgan fingerprint density at radius 2 is 1.68 bits per heavy atom. The molecule has 0 saturated carbocycles. The fourth-order valence-corrected chi connectivity index (χ4v) is 3.72. The van der Waals surface area contributed by atoms with Gasteiger partial charge in [0.25, 0.3) is 5.91 Å². The summed E-state index contributed by atoms with van der Waals surface area (Å²) in [6, 6.07) is 23.8. The quantitative estimate of drug-likeness (QED) is 0.621. The zero-order valence-electron chi connectivity index (χ0n) is 13.6. The normalized spacial score (nSPS) is 15.9. The largest absolute Gasteiger partial charge is 0.457 e. The van der Waals surface area contributed by atoms with Crippen molar-refractivity contribution >= 4 is 23.7 Å². The third kappa shape index (κ3) is 3.54. The third-order valence-corrected chi connectivity index (χ3v) is 5.09. The summed E-state index contributed by atoms with van der Waals surface area (Å²) in [7, 11) is 0. The number of benzene rings is 2. The minimum atomic E-state index is 0.0616. The van der Waals surface area contributed by atoms with Crippen LogP contribution in [0.3, 0.4) is 0 Å². The minimum Gasteiger partial charge on any atom is -0.457 e. The monoisotopic (exact) mass is 347 g/mol. The Kier molecular flexibility index (Phi) is 4.44. The first kappa shape index (κ1) is 15.8. The van der Waals surface area contributed by atoms with Crippen molar-refractivity contribution in [3.05, 3.63) is 89.0 Å². The first-order valence-corrected chi connectivity index (χ1v) is 9.11. The van der Waals surface area contributed by atoms with Crippen LogP contribution in [0, 0.1) is 0 Å². The van der Waals surface area contributed by atoms with Gasteiger partial charge in [-0.05, 0) is 23.8 Å². The van der Waals surface area contributed by atoms with E-state index in [1.54, 1.807) is 11.8 Å². The molecule has 2 aromatic carbocycles. The van der Waals surface area contributed by atoms with Gasteiger partial charge in [-0.25, -0.2) is 0 Å². The molecule has 0 N–H and O–H groups in total. The van der Waals surface area contributed by atoms with Gasteiger partial charge in [0.15, 0.2) is 0 Å². The summed E-state index contributed by atoms with van der Waals surface area (Å²) < 4.78 is 5.87. The van der Waals surface area contributed by atoms with Gasteiger partial charge >= 0.3 is 0 Å². The average molecular weight is 347 g/mol. The Labute approximate surface area is 151 Å². The summed E-state index contributed by atoms with van der Waals surface area (Å²) >= 11 is 1.56. The Hall–Kier alpha value is -2.72. The first-order chi connectivity index (χ1) is 12.3. The van der Waals surface area contributed by atoms with Crippen LogP contribution in [0.25, 0.3) is 17.4 Å². The molecule has 0 spiro atoms. The molecule has 25 heavy (non-hydrogen) atoms. The summed E-state index contributed by atoms with van der Waals surface area (Å²) in [5, 5.41) is 0. The number of carbonyl (C=O) groups is 1. The lowest BCUT2D eigenvalue weighted by Gasteiger charge is -2.13. The maximum absolute atomic E-state index is 12.6. The van der Waals surface area contributed by atoms with Crippen molar-refractivity contribution in [3.63, 3.8) is 0 Å². The number of carbonyl (C=O) groups excluding carboxylic acids is 1. The van der Waals surface area contributed by atoms with Crippen molar-refractivity contribution in [2.75, 3.05) is 5.88 Å². The molecule has 1 aliphatic heterocycles. The van der Waals surface area contributed by atoms with E-state index in [0.717, 1.165) is 21.8 Å². The Bertz CT molecular complexity index is 900. The van der Waals surface area contributed by atoms with Crippen molar-refractivity contribution in [1.29, 1.82) is 0 Å². The maximum Gasteiger partial charge on any atom is 0.261 e. The van der Waals surface area contributed by atoms with Gasteiger partial charge in [0, 0.05) is 12.1 Å². The minimum absolute atomic E-state index is 0.0616. The molecule has 1 amide bonds. The second kappa shape index (κ2) is 7.03. The highest BCUT2D eigenvalue weighted by molar-refractivity contribution is 8.04. The van der Waals surface area contributed by atoms with Crippen LogP contribution in [-0.2, 0) is 11.3 Å². The highest BCUT2D eigenvalue weighted by Crippen LogP contribution is 2.32. The molecule has 4 heteroatoms. The van der Waals surface area contributed by atoms with E-state index in [0.29, 0.717) is 18.2 Å². The molecule has 0 unspecified atom stereocenters. The fraction of sp³-hybridized carbons (Fsp3) is 0.0952. The Morgan fingerprint density at radius 3 is 2.44 bits per heavy atom. The summed E-state index contributed by atoms with van der Waals surface area (Å²) in [5.41, 5.74) is 2.17. The standard InChI is InChI=1S/C21H17NO2S/c23-21-20(25-15-22(21)14-16-7-3-1-4-8-16)13-18-11-12-19(24-18)17-9-5-2-6-10-17/h1-13H,14-15H2/b20-13+. The van der Waals surface area contributed by atoms with Gasteiger partial charge in [-0.3, -0.25) is 4.79 Å². The molecule has 1 aromatic heterocycles. The number of nitrogens with zero attached hydrogens (tertiary/aromatic N) is 1. The summed E-state index contributed by atoms with van der Waals surface area (Å²) in [4.78, 5) is 15.2. The predicted octanol–water partition coefficient (Wildman–Crippen LogP) is 5.02. The summed E-state index contributed by atoms with van der Waals surface area (Å²) in [6.07, 6.45) is 1.84. The van der Waals surface area contributed by atoms with Crippen LogP contribution in [0.15, 0.2) is 82.1 Å². The molecular formula is C21H17NO2S. The zero-order chi connectivity index (χ0) is 17.1. The molecule has 1 fully saturated rings. The van der Waals surface area contributed by atoms with E-state index in [9.17, 15) is 4.79 Å². The van der Waals surface area contributed by atoms with Gasteiger partial charge in [-0.1, -0.05) is 72.4 Å². The van der Waals surface area contributed by atoms with Crippen LogP contribution in [0.5, 0.6) is 0 Å². The van der Waals surface area contributed by atoms with Gasteiger partial charge in [0.1, 0.15) is 11.5 Å². The third-order valence-electron chi connectivity index (χ3n) is 4.05. The van der Waals surface area contributed by atoms with Gasteiger partial charge in [0.2, 0.25) is 0 Å². The van der Waals surface area contributed by atoms with Crippen molar-refractivity contribution in [2.45, 2.75) is 6.54 Å². The van der Waals surface area contributed by atoms with Crippen LogP contribution in [0.1, 0.15) is 11.3 Å². The highest BCUT2D eigenvalue weighted by atomic mass is 32.2. The summed E-state index contributed by atoms with van der Waals surface area (Å²) in [6.45, 7) is 0.636. The lowest BCUT2D eigenvalue weighted by atomic mass is 10.2. The molecule has 0 radical (unpaired) electrons. The molecule has 4 rings (SSSR count). The van der Waals surface area contributed by atoms with Crippen LogP contribution < -0.4 is 0 Å².